The van der Waals surface area contributed by atoms with Crippen LogP contribution in [0.4, 0.5) is 5.82 Å². The zero-order valence-electron chi connectivity index (χ0n) is 22.1. The summed E-state index contributed by atoms with van der Waals surface area (Å²) in [6.07, 6.45) is 0. The first-order valence-electron chi connectivity index (χ1n) is 12.8. The number of amides is 2. The van der Waals surface area contributed by atoms with E-state index in [-0.39, 0.29) is 29.4 Å². The van der Waals surface area contributed by atoms with Crippen LogP contribution in [-0.4, -0.2) is 40.4 Å². The lowest BCUT2D eigenvalue weighted by atomic mass is 10.0. The fourth-order valence-electron chi connectivity index (χ4n) is 4.68. The van der Waals surface area contributed by atoms with Gasteiger partial charge >= 0.3 is 0 Å². The van der Waals surface area contributed by atoms with Crippen molar-refractivity contribution in [2.24, 2.45) is 5.92 Å². The van der Waals surface area contributed by atoms with Gasteiger partial charge in [0.2, 0.25) is 11.8 Å². The number of hydrogen-bond donors (Lipinski definition) is 1. The van der Waals surface area contributed by atoms with Gasteiger partial charge in [-0.15, -0.1) is 23.1 Å². The van der Waals surface area contributed by atoms with Crippen molar-refractivity contribution in [3.8, 4) is 16.9 Å². The number of thiophene rings is 1. The van der Waals surface area contributed by atoms with Crippen LogP contribution >= 0.6 is 23.1 Å². The van der Waals surface area contributed by atoms with Crippen LogP contribution in [0.25, 0.3) is 16.9 Å². The van der Waals surface area contributed by atoms with Gasteiger partial charge < -0.3 is 5.32 Å². The zero-order valence-corrected chi connectivity index (χ0v) is 23.7. The summed E-state index contributed by atoms with van der Waals surface area (Å²) in [7, 11) is 0. The molecule has 2 aromatic heterocycles. The van der Waals surface area contributed by atoms with Crippen molar-refractivity contribution in [1.29, 1.82) is 0 Å². The van der Waals surface area contributed by atoms with Gasteiger partial charge in [0.25, 0.3) is 0 Å². The van der Waals surface area contributed by atoms with E-state index < -0.39 is 0 Å². The molecule has 2 aromatic carbocycles. The Morgan fingerprint density at radius 1 is 1.05 bits per heavy atom. The number of hydrogen-bond acceptors (Lipinski definition) is 5. The number of anilines is 1. The van der Waals surface area contributed by atoms with Crippen LogP contribution < -0.4 is 10.2 Å². The average molecular weight is 545 g/mol. The second-order valence-corrected chi connectivity index (χ2v) is 12.0. The number of benzene rings is 2. The van der Waals surface area contributed by atoms with Crippen LogP contribution in [0.1, 0.15) is 40.7 Å². The molecule has 38 heavy (non-hydrogen) atoms. The smallest absolute Gasteiger partial charge is 0.240 e. The maximum absolute atomic E-state index is 13.8. The number of fused-ring (bicyclic) bond motifs is 1. The van der Waals surface area contributed by atoms with Gasteiger partial charge in [0.05, 0.1) is 22.4 Å². The molecule has 0 spiro atoms. The molecule has 0 saturated carbocycles. The predicted molar refractivity (Wildman–Crippen MR) is 157 cm³/mol. The number of rotatable bonds is 7. The van der Waals surface area contributed by atoms with Crippen molar-refractivity contribution in [3.05, 3.63) is 87.6 Å². The molecular formula is C30H32N4O2S2. The Labute approximate surface area is 232 Å². The Morgan fingerprint density at radius 3 is 2.47 bits per heavy atom. The van der Waals surface area contributed by atoms with Crippen LogP contribution in [0.2, 0.25) is 0 Å². The first-order chi connectivity index (χ1) is 18.3. The highest BCUT2D eigenvalue weighted by Crippen LogP contribution is 2.50. The van der Waals surface area contributed by atoms with E-state index in [1.165, 1.54) is 10.4 Å². The molecule has 1 unspecified atom stereocenters. The second kappa shape index (κ2) is 11.2. The SMILES string of the molecule is Cc1ccccc1-n1nc(-c2ccccc2)c2c1N(CC(=O)NCC(C)C)C(=O)CSC2c1sccc1C. The maximum atomic E-state index is 13.8. The van der Waals surface area contributed by atoms with Gasteiger partial charge in [-0.25, -0.2) is 4.68 Å². The lowest BCUT2D eigenvalue weighted by Gasteiger charge is -2.24. The maximum Gasteiger partial charge on any atom is 0.240 e. The van der Waals surface area contributed by atoms with Crippen molar-refractivity contribution in [1.82, 2.24) is 15.1 Å². The molecule has 1 atom stereocenters. The molecule has 8 heteroatoms. The molecule has 2 amide bonds. The second-order valence-electron chi connectivity index (χ2n) is 9.99. The zero-order chi connectivity index (χ0) is 26.8. The van der Waals surface area contributed by atoms with Gasteiger partial charge in [-0.1, -0.05) is 62.4 Å². The van der Waals surface area contributed by atoms with Crippen molar-refractivity contribution >= 4 is 40.7 Å². The summed E-state index contributed by atoms with van der Waals surface area (Å²) in [5.41, 5.74) is 5.90. The molecule has 0 radical (unpaired) electrons. The molecule has 3 heterocycles. The third-order valence-corrected chi connectivity index (χ3v) is 9.08. The first kappa shape index (κ1) is 26.3. The third-order valence-electron chi connectivity index (χ3n) is 6.63. The largest absolute Gasteiger partial charge is 0.354 e. The summed E-state index contributed by atoms with van der Waals surface area (Å²) in [6, 6.07) is 20.3. The molecule has 1 aliphatic heterocycles. The van der Waals surface area contributed by atoms with E-state index >= 15 is 0 Å². The van der Waals surface area contributed by atoms with Gasteiger partial charge in [-0.05, 0) is 48.4 Å². The van der Waals surface area contributed by atoms with E-state index in [1.807, 2.05) is 54.1 Å². The average Bonchev–Trinajstić information content (AvgIpc) is 3.48. The number of aryl methyl sites for hydroxylation is 2. The Hall–Kier alpha value is -3.36. The number of nitrogens with zero attached hydrogens (tertiary/aromatic N) is 3. The lowest BCUT2D eigenvalue weighted by molar-refractivity contribution is -0.123. The predicted octanol–water partition coefficient (Wildman–Crippen LogP) is 6.16. The first-order valence-corrected chi connectivity index (χ1v) is 14.7. The standard InChI is InChI=1S/C30H32N4O2S2/c1-19(2)16-31-24(35)17-33-25(36)18-38-29(28-21(4)14-15-37-28)26-27(22-11-6-5-7-12-22)32-34(30(26)33)23-13-9-8-10-20(23)3/h5-15,19,29H,16-18H2,1-4H3,(H,31,35). The van der Waals surface area contributed by atoms with Crippen molar-refractivity contribution in [2.75, 3.05) is 23.7 Å². The quantitative estimate of drug-likeness (QED) is 0.303. The van der Waals surface area contributed by atoms with Crippen LogP contribution in [0.3, 0.4) is 0 Å². The summed E-state index contributed by atoms with van der Waals surface area (Å²) in [5.74, 6) is 0.995. The fraction of sp³-hybridized carbons (Fsp3) is 0.300. The number of carbonyl (C=O) groups excluding carboxylic acids is 2. The lowest BCUT2D eigenvalue weighted by Crippen LogP contribution is -2.43. The van der Waals surface area contributed by atoms with Crippen molar-refractivity contribution in [2.45, 2.75) is 32.9 Å². The molecule has 4 aromatic rings. The van der Waals surface area contributed by atoms with Crippen LogP contribution in [-0.2, 0) is 9.59 Å². The Morgan fingerprint density at radius 2 is 1.79 bits per heavy atom. The molecule has 0 bridgehead atoms. The number of para-hydroxylation sites is 1. The Bertz CT molecular complexity index is 1460. The van der Waals surface area contributed by atoms with Gasteiger partial charge in [0.15, 0.2) is 0 Å². The minimum Gasteiger partial charge on any atom is -0.354 e. The molecule has 0 fully saturated rings. The molecule has 0 aliphatic carbocycles. The molecule has 6 nitrogen and oxygen atoms in total. The fourth-order valence-corrected chi connectivity index (χ4v) is 7.15. The number of aromatic nitrogens is 2. The summed E-state index contributed by atoms with van der Waals surface area (Å²) in [5, 5.41) is 10.2. The topological polar surface area (TPSA) is 67.2 Å². The van der Waals surface area contributed by atoms with Crippen LogP contribution in [0.15, 0.2) is 66.0 Å². The van der Waals surface area contributed by atoms with E-state index in [4.69, 9.17) is 5.10 Å². The molecule has 5 rings (SSSR count). The highest BCUT2D eigenvalue weighted by Gasteiger charge is 2.38. The summed E-state index contributed by atoms with van der Waals surface area (Å²) < 4.78 is 1.88. The Kier molecular flexibility index (Phi) is 7.72. The molecule has 1 N–H and O–H groups in total. The minimum atomic E-state index is -0.174. The van der Waals surface area contributed by atoms with E-state index in [2.05, 4.69) is 49.7 Å². The van der Waals surface area contributed by atoms with Gasteiger partial charge in [-0.2, -0.15) is 5.10 Å². The molecular weight excluding hydrogens is 512 g/mol. The van der Waals surface area contributed by atoms with Crippen LogP contribution in [0.5, 0.6) is 0 Å². The highest BCUT2D eigenvalue weighted by atomic mass is 32.2. The van der Waals surface area contributed by atoms with Crippen molar-refractivity contribution in [3.63, 3.8) is 0 Å². The number of nitrogens with one attached hydrogen (secondary N) is 1. The molecule has 1 aliphatic rings. The number of carbonyl (C=O) groups is 2. The minimum absolute atomic E-state index is 0.0545. The summed E-state index contributed by atoms with van der Waals surface area (Å²) in [4.78, 5) is 29.7. The van der Waals surface area contributed by atoms with E-state index in [9.17, 15) is 9.59 Å². The third kappa shape index (κ3) is 5.15. The van der Waals surface area contributed by atoms with E-state index in [0.29, 0.717) is 18.3 Å². The summed E-state index contributed by atoms with van der Waals surface area (Å²) >= 11 is 3.31. The number of thioether (sulfide) groups is 1. The monoisotopic (exact) mass is 544 g/mol. The molecule has 196 valence electrons. The van der Waals surface area contributed by atoms with Gasteiger partial charge in [0, 0.05) is 22.5 Å². The van der Waals surface area contributed by atoms with Gasteiger partial charge in [-0.3, -0.25) is 14.5 Å². The van der Waals surface area contributed by atoms with E-state index in [1.54, 1.807) is 28.0 Å². The van der Waals surface area contributed by atoms with Gasteiger partial charge in [0.1, 0.15) is 12.4 Å². The van der Waals surface area contributed by atoms with E-state index in [0.717, 1.165) is 28.1 Å². The highest BCUT2D eigenvalue weighted by molar-refractivity contribution is 8.00. The normalized spacial score (nSPS) is 15.4. The molecule has 0 saturated heterocycles. The summed E-state index contributed by atoms with van der Waals surface area (Å²) in [6.45, 7) is 8.77. The van der Waals surface area contributed by atoms with Crippen LogP contribution in [0, 0.1) is 19.8 Å². The Balaban J connectivity index is 1.78. The van der Waals surface area contributed by atoms with Crippen molar-refractivity contribution < 1.29 is 9.59 Å².